The second-order valence-electron chi connectivity index (χ2n) is 4.31. The zero-order valence-corrected chi connectivity index (χ0v) is 12.8. The van der Waals surface area contributed by atoms with Gasteiger partial charge in [0, 0.05) is 16.6 Å². The maximum Gasteiger partial charge on any atom is 0.315 e. The molecule has 0 spiro atoms. The molecule has 2 amide bonds. The fourth-order valence-electron chi connectivity index (χ4n) is 1.61. The lowest BCUT2D eigenvalue weighted by atomic mass is 10.1. The van der Waals surface area contributed by atoms with Crippen molar-refractivity contribution in [3.05, 3.63) is 28.2 Å². The standard InChI is InChI=1S/C13H19BrN2O3/c1-8(17)7-15-13(18)16-9(2)11-5-4-10(14)6-12(11)19-3/h4-6,8-9,17H,7H2,1-3H3,(H2,15,16,18)/t8-,9-/m1/s1. The molecule has 3 N–H and O–H groups in total. The SMILES string of the molecule is COc1cc(Br)ccc1[C@@H](C)NC(=O)NC[C@@H](C)O. The first kappa shape index (κ1) is 15.8. The molecule has 1 aromatic carbocycles. The summed E-state index contributed by atoms with van der Waals surface area (Å²) in [7, 11) is 1.59. The Kier molecular flexibility index (Phi) is 6.11. The normalized spacial score (nSPS) is 13.5. The van der Waals surface area contributed by atoms with Gasteiger partial charge in [0.05, 0.1) is 19.3 Å². The molecule has 0 fully saturated rings. The molecule has 2 atom stereocenters. The number of urea groups is 1. The summed E-state index contributed by atoms with van der Waals surface area (Å²) in [5, 5.41) is 14.5. The molecule has 0 aromatic heterocycles. The van der Waals surface area contributed by atoms with Gasteiger partial charge in [-0.05, 0) is 26.0 Å². The summed E-state index contributed by atoms with van der Waals surface area (Å²) < 4.78 is 6.20. The number of hydrogen-bond acceptors (Lipinski definition) is 3. The fraction of sp³-hybridized carbons (Fsp3) is 0.462. The molecule has 19 heavy (non-hydrogen) atoms. The minimum absolute atomic E-state index is 0.197. The Morgan fingerprint density at radius 3 is 2.74 bits per heavy atom. The van der Waals surface area contributed by atoms with E-state index in [0.29, 0.717) is 5.75 Å². The Hall–Kier alpha value is -1.27. The van der Waals surface area contributed by atoms with Gasteiger partial charge in [0.1, 0.15) is 5.75 Å². The topological polar surface area (TPSA) is 70.6 Å². The number of amides is 2. The molecule has 0 unspecified atom stereocenters. The summed E-state index contributed by atoms with van der Waals surface area (Å²) in [6, 6.07) is 5.11. The summed E-state index contributed by atoms with van der Waals surface area (Å²) in [5.41, 5.74) is 0.887. The number of rotatable bonds is 5. The predicted octanol–water partition coefficient (Wildman–Crippen LogP) is 2.20. The first-order valence-corrected chi connectivity index (χ1v) is 6.79. The van der Waals surface area contributed by atoms with E-state index in [2.05, 4.69) is 26.6 Å². The van der Waals surface area contributed by atoms with Crippen LogP contribution in [-0.4, -0.2) is 30.9 Å². The number of carbonyl (C=O) groups is 1. The summed E-state index contributed by atoms with van der Waals surface area (Å²) in [4.78, 5) is 11.6. The van der Waals surface area contributed by atoms with Gasteiger partial charge in [0.15, 0.2) is 0 Å². The summed E-state index contributed by atoms with van der Waals surface area (Å²) in [5.74, 6) is 0.706. The van der Waals surface area contributed by atoms with Gasteiger partial charge in [-0.1, -0.05) is 22.0 Å². The maximum absolute atomic E-state index is 11.6. The Labute approximate surface area is 121 Å². The minimum Gasteiger partial charge on any atom is -0.496 e. The van der Waals surface area contributed by atoms with Crippen molar-refractivity contribution < 1.29 is 14.6 Å². The smallest absolute Gasteiger partial charge is 0.315 e. The van der Waals surface area contributed by atoms with Crippen LogP contribution in [0.25, 0.3) is 0 Å². The van der Waals surface area contributed by atoms with Gasteiger partial charge in [-0.15, -0.1) is 0 Å². The van der Waals surface area contributed by atoms with E-state index in [-0.39, 0.29) is 18.6 Å². The van der Waals surface area contributed by atoms with Crippen molar-refractivity contribution in [3.63, 3.8) is 0 Å². The van der Waals surface area contributed by atoms with Crippen molar-refractivity contribution in [2.24, 2.45) is 0 Å². The van der Waals surface area contributed by atoms with Crippen LogP contribution < -0.4 is 15.4 Å². The van der Waals surface area contributed by atoms with E-state index < -0.39 is 6.10 Å². The monoisotopic (exact) mass is 330 g/mol. The van der Waals surface area contributed by atoms with E-state index in [1.807, 2.05) is 25.1 Å². The van der Waals surface area contributed by atoms with Crippen molar-refractivity contribution in [2.45, 2.75) is 26.0 Å². The number of halogens is 1. The third kappa shape index (κ3) is 5.08. The second kappa shape index (κ2) is 7.35. The highest BCUT2D eigenvalue weighted by Gasteiger charge is 2.14. The van der Waals surface area contributed by atoms with Gasteiger partial charge < -0.3 is 20.5 Å². The van der Waals surface area contributed by atoms with Gasteiger partial charge in [-0.3, -0.25) is 0 Å². The zero-order valence-electron chi connectivity index (χ0n) is 11.2. The zero-order chi connectivity index (χ0) is 14.4. The third-order valence-electron chi connectivity index (χ3n) is 2.57. The van der Waals surface area contributed by atoms with Crippen molar-refractivity contribution in [1.29, 1.82) is 0 Å². The van der Waals surface area contributed by atoms with Crippen LogP contribution in [0.1, 0.15) is 25.5 Å². The molecule has 0 saturated heterocycles. The average Bonchev–Trinajstić information content (AvgIpc) is 2.35. The first-order valence-electron chi connectivity index (χ1n) is 6.00. The Balaban J connectivity index is 2.67. The van der Waals surface area contributed by atoms with Crippen LogP contribution in [0.2, 0.25) is 0 Å². The first-order chi connectivity index (χ1) is 8.93. The number of ether oxygens (including phenoxy) is 1. The fourth-order valence-corrected chi connectivity index (χ4v) is 1.95. The number of hydrogen-bond donors (Lipinski definition) is 3. The van der Waals surface area contributed by atoms with Gasteiger partial charge in [-0.25, -0.2) is 4.79 Å². The van der Waals surface area contributed by atoms with Crippen molar-refractivity contribution in [1.82, 2.24) is 10.6 Å². The Bertz CT molecular complexity index is 438. The maximum atomic E-state index is 11.6. The van der Waals surface area contributed by atoms with E-state index >= 15 is 0 Å². The summed E-state index contributed by atoms with van der Waals surface area (Å²) in [6.07, 6.45) is -0.566. The van der Waals surface area contributed by atoms with Crippen molar-refractivity contribution in [2.75, 3.05) is 13.7 Å². The number of benzene rings is 1. The van der Waals surface area contributed by atoms with E-state index in [4.69, 9.17) is 9.84 Å². The van der Waals surface area contributed by atoms with E-state index in [1.165, 1.54) is 0 Å². The Morgan fingerprint density at radius 2 is 2.16 bits per heavy atom. The number of carbonyl (C=O) groups excluding carboxylic acids is 1. The van der Waals surface area contributed by atoms with Crippen molar-refractivity contribution >= 4 is 22.0 Å². The molecule has 5 nitrogen and oxygen atoms in total. The van der Waals surface area contributed by atoms with E-state index in [1.54, 1.807) is 14.0 Å². The molecule has 0 bridgehead atoms. The highest BCUT2D eigenvalue weighted by Crippen LogP contribution is 2.28. The summed E-state index contributed by atoms with van der Waals surface area (Å²) in [6.45, 7) is 3.70. The van der Waals surface area contributed by atoms with E-state index in [9.17, 15) is 4.79 Å². The number of methoxy groups -OCH3 is 1. The molecule has 0 saturated carbocycles. The molecular weight excluding hydrogens is 312 g/mol. The van der Waals surface area contributed by atoms with Gasteiger partial charge in [-0.2, -0.15) is 0 Å². The molecule has 1 rings (SSSR count). The molecule has 1 aromatic rings. The molecule has 0 aliphatic carbocycles. The second-order valence-corrected chi connectivity index (χ2v) is 5.23. The molecule has 0 heterocycles. The lowest BCUT2D eigenvalue weighted by molar-refractivity contribution is 0.187. The van der Waals surface area contributed by atoms with Crippen LogP contribution in [0.3, 0.4) is 0 Å². The molecule has 0 aliphatic rings. The average molecular weight is 331 g/mol. The largest absolute Gasteiger partial charge is 0.496 e. The van der Waals surface area contributed by atoms with Gasteiger partial charge in [0.2, 0.25) is 0 Å². The highest BCUT2D eigenvalue weighted by molar-refractivity contribution is 9.10. The van der Waals surface area contributed by atoms with E-state index in [0.717, 1.165) is 10.0 Å². The van der Waals surface area contributed by atoms with Crippen molar-refractivity contribution in [3.8, 4) is 5.75 Å². The molecular formula is C13H19BrN2O3. The lowest BCUT2D eigenvalue weighted by Gasteiger charge is -2.18. The number of aliphatic hydroxyl groups excluding tert-OH is 1. The molecule has 106 valence electrons. The minimum atomic E-state index is -0.566. The van der Waals surface area contributed by atoms with Crippen LogP contribution in [0.5, 0.6) is 5.75 Å². The molecule has 0 radical (unpaired) electrons. The number of aliphatic hydroxyl groups is 1. The van der Waals surface area contributed by atoms with Gasteiger partial charge in [0.25, 0.3) is 0 Å². The summed E-state index contributed by atoms with van der Waals surface area (Å²) >= 11 is 3.37. The van der Waals surface area contributed by atoms with Crippen LogP contribution in [0.15, 0.2) is 22.7 Å². The third-order valence-corrected chi connectivity index (χ3v) is 3.06. The van der Waals surface area contributed by atoms with Gasteiger partial charge >= 0.3 is 6.03 Å². The highest BCUT2D eigenvalue weighted by atomic mass is 79.9. The Morgan fingerprint density at radius 1 is 1.47 bits per heavy atom. The quantitative estimate of drug-likeness (QED) is 0.775. The van der Waals surface area contributed by atoms with Crippen LogP contribution in [0.4, 0.5) is 4.79 Å². The van der Waals surface area contributed by atoms with Crippen LogP contribution >= 0.6 is 15.9 Å². The predicted molar refractivity (Wildman–Crippen MR) is 77.3 cm³/mol. The lowest BCUT2D eigenvalue weighted by Crippen LogP contribution is -2.40. The molecule has 0 aliphatic heterocycles. The van der Waals surface area contributed by atoms with Crippen LogP contribution in [0, 0.1) is 0 Å². The number of nitrogens with one attached hydrogen (secondary N) is 2. The van der Waals surface area contributed by atoms with Crippen LogP contribution in [-0.2, 0) is 0 Å². The molecule has 6 heteroatoms.